The van der Waals surface area contributed by atoms with Crippen LogP contribution in [0, 0.1) is 0 Å². The van der Waals surface area contributed by atoms with Crippen LogP contribution >= 0.6 is 11.8 Å². The molecule has 1 unspecified atom stereocenters. The zero-order valence-corrected chi connectivity index (χ0v) is 8.76. The van der Waals surface area contributed by atoms with Crippen molar-refractivity contribution < 1.29 is 14.7 Å². The summed E-state index contributed by atoms with van der Waals surface area (Å²) in [5.74, 6) is 0.264. The van der Waals surface area contributed by atoms with Gasteiger partial charge in [0.25, 0.3) is 0 Å². The van der Waals surface area contributed by atoms with Crippen molar-refractivity contribution in [1.29, 1.82) is 0 Å². The summed E-state index contributed by atoms with van der Waals surface area (Å²) in [5.41, 5.74) is 0. The number of amides is 1. The number of rotatable bonds is 4. The summed E-state index contributed by atoms with van der Waals surface area (Å²) in [6.45, 7) is 1.73. The number of carbonyl (C=O) groups is 2. The third kappa shape index (κ3) is 2.88. The van der Waals surface area contributed by atoms with Crippen LogP contribution in [-0.2, 0) is 9.59 Å². The fraction of sp³-hybridized carbons (Fsp3) is 0.750. The van der Waals surface area contributed by atoms with Crippen LogP contribution in [0.3, 0.4) is 0 Å². The average Bonchev–Trinajstić information content (AvgIpc) is 2.65. The van der Waals surface area contributed by atoms with E-state index in [-0.39, 0.29) is 11.9 Å². The number of carbonyl (C=O) groups excluding carboxylic acids is 1. The Bertz CT molecular complexity index is 229. The minimum Gasteiger partial charge on any atom is -0.480 e. The third-order valence-corrected chi connectivity index (χ3v) is 3.00. The van der Waals surface area contributed by atoms with Crippen molar-refractivity contribution in [2.45, 2.75) is 25.4 Å². The van der Waals surface area contributed by atoms with Gasteiger partial charge >= 0.3 is 5.97 Å². The van der Waals surface area contributed by atoms with Crippen molar-refractivity contribution in [3.8, 4) is 0 Å². The van der Waals surface area contributed by atoms with E-state index in [0.717, 1.165) is 5.88 Å². The highest BCUT2D eigenvalue weighted by Crippen LogP contribution is 2.09. The molecule has 1 saturated heterocycles. The molecule has 1 aliphatic heterocycles. The molecule has 1 rings (SSSR count). The fourth-order valence-electron chi connectivity index (χ4n) is 1.17. The Labute approximate surface area is 86.6 Å². The van der Waals surface area contributed by atoms with Crippen LogP contribution in [0.4, 0.5) is 0 Å². The molecule has 0 spiro atoms. The van der Waals surface area contributed by atoms with Crippen LogP contribution in [0.1, 0.15) is 13.3 Å². The Kier molecular flexibility index (Phi) is 4.21. The molecule has 1 aliphatic rings. The van der Waals surface area contributed by atoms with Crippen molar-refractivity contribution in [2.24, 2.45) is 0 Å². The Morgan fingerprint density at radius 1 is 1.71 bits per heavy atom. The van der Waals surface area contributed by atoms with Gasteiger partial charge in [-0.1, -0.05) is 6.92 Å². The first-order chi connectivity index (χ1) is 6.65. The van der Waals surface area contributed by atoms with Gasteiger partial charge in [-0.3, -0.25) is 10.1 Å². The molecule has 0 bridgehead atoms. The highest BCUT2D eigenvalue weighted by molar-refractivity contribution is 7.99. The van der Waals surface area contributed by atoms with Crippen LogP contribution in [0.5, 0.6) is 0 Å². The molecular formula is C8H14N2O3S. The number of hydrogen-bond acceptors (Lipinski definition) is 4. The number of carboxylic acid groups (broad SMARTS) is 1. The van der Waals surface area contributed by atoms with Gasteiger partial charge in [0.1, 0.15) is 6.04 Å². The molecule has 1 heterocycles. The molecule has 0 aromatic heterocycles. The fourth-order valence-corrected chi connectivity index (χ4v) is 2.12. The maximum atomic E-state index is 11.5. The molecule has 2 atom stereocenters. The molecule has 1 amide bonds. The topological polar surface area (TPSA) is 78.4 Å². The van der Waals surface area contributed by atoms with Gasteiger partial charge < -0.3 is 10.4 Å². The molecule has 0 saturated carbocycles. The number of thioether (sulfide) groups is 1. The molecule has 0 aromatic rings. The van der Waals surface area contributed by atoms with Gasteiger partial charge in [-0.05, 0) is 6.42 Å². The molecule has 80 valence electrons. The van der Waals surface area contributed by atoms with E-state index in [1.54, 1.807) is 18.7 Å². The zero-order chi connectivity index (χ0) is 10.6. The zero-order valence-electron chi connectivity index (χ0n) is 7.95. The average molecular weight is 218 g/mol. The lowest BCUT2D eigenvalue weighted by atomic mass is 10.2. The van der Waals surface area contributed by atoms with E-state index in [1.807, 2.05) is 0 Å². The van der Waals surface area contributed by atoms with Crippen molar-refractivity contribution in [1.82, 2.24) is 10.6 Å². The smallest absolute Gasteiger partial charge is 0.326 e. The van der Waals surface area contributed by atoms with Crippen LogP contribution in [-0.4, -0.2) is 40.7 Å². The van der Waals surface area contributed by atoms with Crippen molar-refractivity contribution in [3.63, 3.8) is 0 Å². The summed E-state index contributed by atoms with van der Waals surface area (Å²) in [5, 5.41) is 14.2. The number of nitrogens with one attached hydrogen (secondary N) is 2. The van der Waals surface area contributed by atoms with Crippen LogP contribution in [0.15, 0.2) is 0 Å². The van der Waals surface area contributed by atoms with Gasteiger partial charge in [-0.25, -0.2) is 4.79 Å². The molecule has 0 aromatic carbocycles. The minimum atomic E-state index is -0.980. The Morgan fingerprint density at radius 2 is 2.43 bits per heavy atom. The van der Waals surface area contributed by atoms with Gasteiger partial charge in [0.15, 0.2) is 0 Å². The molecule has 5 nitrogen and oxygen atoms in total. The van der Waals surface area contributed by atoms with Gasteiger partial charge in [-0.15, -0.1) is 11.8 Å². The molecule has 1 fully saturated rings. The summed E-state index contributed by atoms with van der Waals surface area (Å²) in [6.07, 6.45) is 0.404. The number of carboxylic acids is 1. The second-order valence-electron chi connectivity index (χ2n) is 3.08. The predicted octanol–water partition coefficient (Wildman–Crippen LogP) is -0.372. The quantitative estimate of drug-likeness (QED) is 0.600. The number of hydrogen-bond donors (Lipinski definition) is 3. The van der Waals surface area contributed by atoms with E-state index in [9.17, 15) is 9.59 Å². The maximum absolute atomic E-state index is 11.5. The summed E-state index contributed by atoms with van der Waals surface area (Å²) < 4.78 is 0. The lowest BCUT2D eigenvalue weighted by molar-refractivity contribution is -0.142. The van der Waals surface area contributed by atoms with E-state index < -0.39 is 12.0 Å². The highest BCUT2D eigenvalue weighted by Gasteiger charge is 2.26. The Hall–Kier alpha value is -0.750. The second kappa shape index (κ2) is 5.21. The molecule has 0 aliphatic carbocycles. The molecular weight excluding hydrogens is 204 g/mol. The van der Waals surface area contributed by atoms with Crippen LogP contribution in [0.2, 0.25) is 0 Å². The Morgan fingerprint density at radius 3 is 2.86 bits per heavy atom. The third-order valence-electron chi connectivity index (χ3n) is 2.06. The van der Waals surface area contributed by atoms with Gasteiger partial charge in [-0.2, -0.15) is 0 Å². The predicted molar refractivity (Wildman–Crippen MR) is 54.1 cm³/mol. The summed E-state index contributed by atoms with van der Waals surface area (Å²) >= 11 is 1.63. The van der Waals surface area contributed by atoms with Crippen LogP contribution < -0.4 is 10.6 Å². The first kappa shape index (κ1) is 11.3. The first-order valence-corrected chi connectivity index (χ1v) is 5.65. The molecule has 6 heteroatoms. The van der Waals surface area contributed by atoms with Crippen molar-refractivity contribution in [3.05, 3.63) is 0 Å². The summed E-state index contributed by atoms with van der Waals surface area (Å²) in [6, 6.07) is -1.01. The lowest BCUT2D eigenvalue weighted by Gasteiger charge is -2.15. The minimum absolute atomic E-state index is 0.218. The van der Waals surface area contributed by atoms with Gasteiger partial charge in [0.05, 0.1) is 6.04 Å². The summed E-state index contributed by atoms with van der Waals surface area (Å²) in [4.78, 5) is 22.1. The lowest BCUT2D eigenvalue weighted by Crippen LogP contribution is -2.48. The van der Waals surface area contributed by atoms with Gasteiger partial charge in [0.2, 0.25) is 5.91 Å². The number of aliphatic carboxylic acids is 1. The van der Waals surface area contributed by atoms with E-state index in [2.05, 4.69) is 10.6 Å². The Balaban J connectivity index is 2.41. The highest BCUT2D eigenvalue weighted by atomic mass is 32.2. The monoisotopic (exact) mass is 218 g/mol. The maximum Gasteiger partial charge on any atom is 0.326 e. The molecule has 0 radical (unpaired) electrons. The largest absolute Gasteiger partial charge is 0.480 e. The standard InChI is InChI=1S/C8H14N2O3S/c1-2-5(8(12)13)10-7(11)6-3-14-4-9-6/h5-6,9H,2-4H2,1H3,(H,10,11)(H,12,13)/t5-,6?/m1/s1. The second-order valence-corrected chi connectivity index (χ2v) is 4.11. The van der Waals surface area contributed by atoms with Crippen molar-refractivity contribution in [2.75, 3.05) is 11.6 Å². The van der Waals surface area contributed by atoms with Crippen LogP contribution in [0.25, 0.3) is 0 Å². The summed E-state index contributed by atoms with van der Waals surface area (Å²) in [7, 11) is 0. The van der Waals surface area contributed by atoms with Crippen molar-refractivity contribution >= 4 is 23.6 Å². The normalized spacial score (nSPS) is 23.1. The van der Waals surface area contributed by atoms with Gasteiger partial charge in [0, 0.05) is 11.6 Å². The van der Waals surface area contributed by atoms with E-state index in [4.69, 9.17) is 5.11 Å². The SMILES string of the molecule is CC[C@@H](NC(=O)C1CSCN1)C(=O)O. The first-order valence-electron chi connectivity index (χ1n) is 4.49. The van der Waals surface area contributed by atoms with E-state index in [1.165, 1.54) is 0 Å². The van der Waals surface area contributed by atoms with E-state index in [0.29, 0.717) is 12.2 Å². The molecule has 14 heavy (non-hydrogen) atoms. The van der Waals surface area contributed by atoms with E-state index >= 15 is 0 Å². The molecule has 3 N–H and O–H groups in total.